The number of carbonyl (C=O) groups excluding carboxylic acids is 1. The van der Waals surface area contributed by atoms with Crippen molar-refractivity contribution in [2.75, 3.05) is 68.2 Å². The van der Waals surface area contributed by atoms with Gasteiger partial charge in [-0.1, -0.05) is 19.1 Å². The molecule has 3 saturated heterocycles. The highest BCUT2D eigenvalue weighted by Gasteiger charge is 2.44. The number of piperidine rings is 1. The van der Waals surface area contributed by atoms with Crippen molar-refractivity contribution >= 4 is 27.6 Å². The Kier molecular flexibility index (Phi) is 7.70. The molecule has 3 aliphatic rings. The maximum Gasteiger partial charge on any atom is 0.344 e. The second kappa shape index (κ2) is 10.9. The Labute approximate surface area is 226 Å². The highest BCUT2D eigenvalue weighted by atomic mass is 32.2. The number of aryl methyl sites for hydroxylation is 1. The fourth-order valence-electron chi connectivity index (χ4n) is 6.35. The van der Waals surface area contributed by atoms with Crippen LogP contribution in [0.5, 0.6) is 0 Å². The highest BCUT2D eigenvalue weighted by Crippen LogP contribution is 2.40. The quantitative estimate of drug-likeness (QED) is 0.599. The van der Waals surface area contributed by atoms with Crippen molar-refractivity contribution in [3.8, 4) is 0 Å². The predicted octanol–water partition coefficient (Wildman–Crippen LogP) is 2.80. The van der Waals surface area contributed by atoms with E-state index in [0.717, 1.165) is 71.3 Å². The van der Waals surface area contributed by atoms with Gasteiger partial charge in [0.25, 0.3) is 0 Å². The number of hydrogen-bond donors (Lipinski definition) is 1. The maximum atomic E-state index is 13.1. The van der Waals surface area contributed by atoms with Crippen LogP contribution in [0.4, 0.5) is 16.3 Å². The standard InChI is InChI=1S/C27H41N7O3S/c1-4-30-16-18-31(19-17-30)24-20-22(2)6-7-23(24)21-33-12-5-9-27(33)10-14-32(15-11-27)26(35)34-13-8-25(28-34)29-38(3,36)37/h6-8,13,20H,4-5,9-12,14-19,21H2,1-3H3,(H,28,29). The number of likely N-dealkylation sites (N-methyl/N-ethyl adjacent to an activating group) is 1. The number of sulfonamides is 1. The Morgan fingerprint density at radius 3 is 2.45 bits per heavy atom. The van der Waals surface area contributed by atoms with E-state index < -0.39 is 10.0 Å². The number of amides is 1. The summed E-state index contributed by atoms with van der Waals surface area (Å²) >= 11 is 0. The molecule has 1 N–H and O–H groups in total. The third-order valence-corrected chi connectivity index (χ3v) is 9.12. The molecule has 1 amide bonds. The Balaban J connectivity index is 1.25. The van der Waals surface area contributed by atoms with Crippen molar-refractivity contribution in [3.05, 3.63) is 41.6 Å². The molecule has 0 atom stereocenters. The van der Waals surface area contributed by atoms with Crippen LogP contribution in [0, 0.1) is 6.92 Å². The zero-order valence-corrected chi connectivity index (χ0v) is 23.7. The lowest BCUT2D eigenvalue weighted by atomic mass is 9.84. The summed E-state index contributed by atoms with van der Waals surface area (Å²) in [6, 6.07) is 8.21. The third-order valence-electron chi connectivity index (χ3n) is 8.54. The van der Waals surface area contributed by atoms with Crippen molar-refractivity contribution in [2.45, 2.75) is 51.6 Å². The summed E-state index contributed by atoms with van der Waals surface area (Å²) in [6.45, 7) is 13.3. The summed E-state index contributed by atoms with van der Waals surface area (Å²) in [6.07, 6.45) is 6.80. The molecule has 208 valence electrons. The molecule has 11 heteroatoms. The van der Waals surface area contributed by atoms with Gasteiger partial charge in [0.1, 0.15) is 0 Å². The van der Waals surface area contributed by atoms with Gasteiger partial charge in [-0.3, -0.25) is 9.62 Å². The highest BCUT2D eigenvalue weighted by molar-refractivity contribution is 7.92. The molecule has 38 heavy (non-hydrogen) atoms. The van der Waals surface area contributed by atoms with Gasteiger partial charge in [-0.15, -0.1) is 5.10 Å². The third kappa shape index (κ3) is 5.84. The molecule has 3 fully saturated rings. The van der Waals surface area contributed by atoms with Crippen molar-refractivity contribution in [1.29, 1.82) is 0 Å². The topological polar surface area (TPSA) is 94.0 Å². The number of likely N-dealkylation sites (tertiary alicyclic amines) is 2. The Bertz CT molecular complexity index is 1250. The zero-order valence-electron chi connectivity index (χ0n) is 22.9. The van der Waals surface area contributed by atoms with Crippen molar-refractivity contribution in [2.24, 2.45) is 0 Å². The molecule has 0 saturated carbocycles. The van der Waals surface area contributed by atoms with Gasteiger partial charge in [-0.05, 0) is 62.9 Å². The van der Waals surface area contributed by atoms with E-state index in [-0.39, 0.29) is 17.4 Å². The molecule has 10 nitrogen and oxygen atoms in total. The van der Waals surface area contributed by atoms with Crippen LogP contribution >= 0.6 is 0 Å². The minimum Gasteiger partial charge on any atom is -0.369 e. The molecule has 0 unspecified atom stereocenters. The van der Waals surface area contributed by atoms with Gasteiger partial charge in [0.15, 0.2) is 5.82 Å². The van der Waals surface area contributed by atoms with Crippen molar-refractivity contribution in [1.82, 2.24) is 24.5 Å². The summed E-state index contributed by atoms with van der Waals surface area (Å²) < 4.78 is 26.5. The Morgan fingerprint density at radius 2 is 1.76 bits per heavy atom. The zero-order chi connectivity index (χ0) is 26.9. The summed E-state index contributed by atoms with van der Waals surface area (Å²) in [4.78, 5) is 22.7. The van der Waals surface area contributed by atoms with Crippen LogP contribution in [0.15, 0.2) is 30.5 Å². The predicted molar refractivity (Wildman–Crippen MR) is 150 cm³/mol. The number of carbonyl (C=O) groups is 1. The van der Waals surface area contributed by atoms with Crippen LogP contribution in [0.25, 0.3) is 0 Å². The van der Waals surface area contributed by atoms with E-state index in [2.05, 4.69) is 56.6 Å². The molecule has 0 aliphatic carbocycles. The van der Waals surface area contributed by atoms with Crippen molar-refractivity contribution in [3.63, 3.8) is 0 Å². The normalized spacial score (nSPS) is 20.8. The fraction of sp³-hybridized carbons (Fsp3) is 0.630. The molecule has 1 spiro atoms. The van der Waals surface area contributed by atoms with E-state index >= 15 is 0 Å². The van der Waals surface area contributed by atoms with Crippen LogP contribution in [0.2, 0.25) is 0 Å². The van der Waals surface area contributed by atoms with E-state index in [4.69, 9.17) is 0 Å². The number of aromatic nitrogens is 2. The molecule has 2 aromatic rings. The van der Waals surface area contributed by atoms with Gasteiger partial charge in [-0.25, -0.2) is 13.2 Å². The van der Waals surface area contributed by atoms with E-state index in [9.17, 15) is 13.2 Å². The summed E-state index contributed by atoms with van der Waals surface area (Å²) in [5, 5.41) is 4.12. The minimum atomic E-state index is -3.44. The second-order valence-electron chi connectivity index (χ2n) is 11.1. The minimum absolute atomic E-state index is 0.118. The molecule has 4 heterocycles. The van der Waals surface area contributed by atoms with Gasteiger partial charge < -0.3 is 14.7 Å². The lowest BCUT2D eigenvalue weighted by Crippen LogP contribution is -2.53. The number of rotatable bonds is 6. The number of hydrogen-bond acceptors (Lipinski definition) is 7. The molecule has 0 bridgehead atoms. The van der Waals surface area contributed by atoms with Gasteiger partial charge in [-0.2, -0.15) is 4.68 Å². The number of anilines is 2. The molecule has 1 aromatic carbocycles. The molecule has 0 radical (unpaired) electrons. The van der Waals surface area contributed by atoms with Gasteiger partial charge in [0, 0.05) is 69.3 Å². The number of piperazine rings is 1. The Hall–Kier alpha value is -2.63. The van der Waals surface area contributed by atoms with Crippen LogP contribution in [-0.2, 0) is 16.6 Å². The summed E-state index contributed by atoms with van der Waals surface area (Å²) in [7, 11) is -3.44. The first-order chi connectivity index (χ1) is 18.2. The van der Waals surface area contributed by atoms with Gasteiger partial charge >= 0.3 is 6.03 Å². The monoisotopic (exact) mass is 543 g/mol. The first-order valence-electron chi connectivity index (χ1n) is 13.8. The van der Waals surface area contributed by atoms with E-state index in [1.54, 1.807) is 0 Å². The first-order valence-corrected chi connectivity index (χ1v) is 15.7. The van der Waals surface area contributed by atoms with Crippen LogP contribution < -0.4 is 9.62 Å². The number of benzene rings is 1. The SMILES string of the molecule is CCN1CCN(c2cc(C)ccc2CN2CCCC23CCN(C(=O)n2ccc(NS(C)(=O)=O)n2)CC3)CC1. The van der Waals surface area contributed by atoms with E-state index in [1.165, 1.54) is 40.2 Å². The Morgan fingerprint density at radius 1 is 1.03 bits per heavy atom. The molecular weight excluding hydrogens is 502 g/mol. The molecular formula is C27H41N7O3S. The second-order valence-corrected chi connectivity index (χ2v) is 12.8. The summed E-state index contributed by atoms with van der Waals surface area (Å²) in [5.74, 6) is 0.154. The van der Waals surface area contributed by atoms with Gasteiger partial charge in [0.2, 0.25) is 10.0 Å². The lowest BCUT2D eigenvalue weighted by molar-refractivity contribution is 0.0585. The first kappa shape index (κ1) is 27.0. The maximum absolute atomic E-state index is 13.1. The number of nitrogens with one attached hydrogen (secondary N) is 1. The summed E-state index contributed by atoms with van der Waals surface area (Å²) in [5.41, 5.74) is 4.21. The lowest BCUT2D eigenvalue weighted by Gasteiger charge is -2.45. The van der Waals surface area contributed by atoms with E-state index in [1.807, 2.05) is 4.90 Å². The van der Waals surface area contributed by atoms with E-state index in [0.29, 0.717) is 13.1 Å². The smallest absolute Gasteiger partial charge is 0.344 e. The molecule has 3 aliphatic heterocycles. The average Bonchev–Trinajstić information content (AvgIpc) is 3.51. The number of nitrogens with zero attached hydrogens (tertiary/aromatic N) is 6. The molecule has 1 aromatic heterocycles. The molecule has 5 rings (SSSR count). The van der Waals surface area contributed by atoms with Crippen LogP contribution in [-0.4, -0.2) is 103 Å². The van der Waals surface area contributed by atoms with Crippen LogP contribution in [0.1, 0.15) is 43.7 Å². The van der Waals surface area contributed by atoms with Crippen molar-refractivity contribution < 1.29 is 13.2 Å². The fourth-order valence-corrected chi connectivity index (χ4v) is 6.84. The van der Waals surface area contributed by atoms with Gasteiger partial charge in [0.05, 0.1) is 6.26 Å². The largest absolute Gasteiger partial charge is 0.369 e. The van der Waals surface area contributed by atoms with Crippen LogP contribution in [0.3, 0.4) is 0 Å². The average molecular weight is 544 g/mol.